The fourth-order valence-corrected chi connectivity index (χ4v) is 2.18. The molecule has 0 spiro atoms. The van der Waals surface area contributed by atoms with Crippen LogP contribution in [-0.4, -0.2) is 17.3 Å². The average molecular weight is 241 g/mol. The maximum atomic E-state index is 13.4. The van der Waals surface area contributed by atoms with E-state index in [2.05, 4.69) is 5.32 Å². The maximum Gasteiger partial charge on any atom is 0.130 e. The Hall–Kier alpha value is -1.00. The van der Waals surface area contributed by atoms with E-state index >= 15 is 0 Å². The SMILES string of the molecule is CC1(C)C(O)CC1NCc1c(F)cccc1F. The van der Waals surface area contributed by atoms with Gasteiger partial charge in [0, 0.05) is 23.6 Å². The first-order valence-corrected chi connectivity index (χ1v) is 5.77. The lowest BCUT2D eigenvalue weighted by molar-refractivity contribution is -0.0731. The minimum atomic E-state index is -0.532. The topological polar surface area (TPSA) is 32.3 Å². The molecular weight excluding hydrogens is 224 g/mol. The minimum Gasteiger partial charge on any atom is -0.392 e. The number of aliphatic hydroxyl groups excluding tert-OH is 1. The summed E-state index contributed by atoms with van der Waals surface area (Å²) in [5, 5.41) is 12.7. The molecule has 2 rings (SSSR count). The molecule has 1 fully saturated rings. The first-order valence-electron chi connectivity index (χ1n) is 5.77. The van der Waals surface area contributed by atoms with Gasteiger partial charge in [-0.05, 0) is 18.6 Å². The van der Waals surface area contributed by atoms with Crippen molar-refractivity contribution in [1.82, 2.24) is 5.32 Å². The van der Waals surface area contributed by atoms with E-state index in [0.717, 1.165) is 0 Å². The van der Waals surface area contributed by atoms with Gasteiger partial charge in [-0.1, -0.05) is 19.9 Å². The molecule has 2 nitrogen and oxygen atoms in total. The molecule has 17 heavy (non-hydrogen) atoms. The molecular formula is C13H17F2NO. The van der Waals surface area contributed by atoms with Crippen molar-refractivity contribution in [2.75, 3.05) is 0 Å². The molecule has 0 heterocycles. The lowest BCUT2D eigenvalue weighted by Gasteiger charge is -2.49. The van der Waals surface area contributed by atoms with Gasteiger partial charge < -0.3 is 10.4 Å². The monoisotopic (exact) mass is 241 g/mol. The summed E-state index contributed by atoms with van der Waals surface area (Å²) >= 11 is 0. The molecule has 1 aliphatic carbocycles. The molecule has 94 valence electrons. The third kappa shape index (κ3) is 2.19. The summed E-state index contributed by atoms with van der Waals surface area (Å²) < 4.78 is 26.7. The van der Waals surface area contributed by atoms with Crippen molar-refractivity contribution < 1.29 is 13.9 Å². The zero-order valence-corrected chi connectivity index (χ0v) is 10.0. The van der Waals surface area contributed by atoms with Crippen LogP contribution in [-0.2, 0) is 6.54 Å². The Kier molecular flexibility index (Phi) is 3.19. The van der Waals surface area contributed by atoms with E-state index < -0.39 is 11.6 Å². The predicted octanol–water partition coefficient (Wildman–Crippen LogP) is 2.21. The smallest absolute Gasteiger partial charge is 0.130 e. The van der Waals surface area contributed by atoms with Crippen LogP contribution in [0.25, 0.3) is 0 Å². The second kappa shape index (κ2) is 4.35. The van der Waals surface area contributed by atoms with Crippen LogP contribution in [0, 0.1) is 17.0 Å². The zero-order valence-electron chi connectivity index (χ0n) is 10.0. The standard InChI is InChI=1S/C13H17F2NO/c1-13(2)11(6-12(13)17)16-7-8-9(14)4-3-5-10(8)15/h3-5,11-12,16-17H,6-7H2,1-2H3. The van der Waals surface area contributed by atoms with E-state index in [1.807, 2.05) is 13.8 Å². The van der Waals surface area contributed by atoms with Gasteiger partial charge in [-0.3, -0.25) is 0 Å². The second-order valence-electron chi connectivity index (χ2n) is 5.21. The third-order valence-corrected chi connectivity index (χ3v) is 3.80. The largest absolute Gasteiger partial charge is 0.392 e. The Morgan fingerprint density at radius 2 is 1.94 bits per heavy atom. The molecule has 0 aliphatic heterocycles. The van der Waals surface area contributed by atoms with E-state index in [1.54, 1.807) is 0 Å². The van der Waals surface area contributed by atoms with Crippen LogP contribution in [0.4, 0.5) is 8.78 Å². The van der Waals surface area contributed by atoms with E-state index in [4.69, 9.17) is 0 Å². The molecule has 1 aromatic rings. The molecule has 2 N–H and O–H groups in total. The molecule has 0 saturated heterocycles. The molecule has 0 radical (unpaired) electrons. The number of aliphatic hydroxyl groups is 1. The predicted molar refractivity (Wildman–Crippen MR) is 61.4 cm³/mol. The highest BCUT2D eigenvalue weighted by Crippen LogP contribution is 2.40. The average Bonchev–Trinajstić information content (AvgIpc) is 2.27. The molecule has 1 aliphatic rings. The Bertz CT molecular complexity index is 400. The van der Waals surface area contributed by atoms with Gasteiger partial charge in [0.25, 0.3) is 0 Å². The van der Waals surface area contributed by atoms with Gasteiger partial charge >= 0.3 is 0 Å². The van der Waals surface area contributed by atoms with Crippen LogP contribution in [0.3, 0.4) is 0 Å². The molecule has 0 bridgehead atoms. The van der Waals surface area contributed by atoms with Gasteiger partial charge in [-0.2, -0.15) is 0 Å². The highest BCUT2D eigenvalue weighted by Gasteiger charge is 2.46. The summed E-state index contributed by atoms with van der Waals surface area (Å²) in [6.07, 6.45) is 0.286. The van der Waals surface area contributed by atoms with Gasteiger partial charge in [-0.25, -0.2) is 8.78 Å². The highest BCUT2D eigenvalue weighted by molar-refractivity contribution is 5.20. The van der Waals surface area contributed by atoms with Gasteiger partial charge in [0.15, 0.2) is 0 Å². The third-order valence-electron chi connectivity index (χ3n) is 3.80. The highest BCUT2D eigenvalue weighted by atomic mass is 19.1. The van der Waals surface area contributed by atoms with Crippen molar-refractivity contribution in [2.24, 2.45) is 5.41 Å². The van der Waals surface area contributed by atoms with Gasteiger partial charge in [0.05, 0.1) is 6.10 Å². The quantitative estimate of drug-likeness (QED) is 0.850. The maximum absolute atomic E-state index is 13.4. The molecule has 2 atom stereocenters. The first kappa shape index (κ1) is 12.5. The summed E-state index contributed by atoms with van der Waals surface area (Å²) in [6, 6.07) is 3.95. The number of halogens is 2. The van der Waals surface area contributed by atoms with Gasteiger partial charge in [-0.15, -0.1) is 0 Å². The molecule has 0 aromatic heterocycles. The normalized spacial score (nSPS) is 26.6. The van der Waals surface area contributed by atoms with E-state index in [1.165, 1.54) is 18.2 Å². The van der Waals surface area contributed by atoms with Crippen LogP contribution < -0.4 is 5.32 Å². The number of benzene rings is 1. The van der Waals surface area contributed by atoms with Crippen LogP contribution >= 0.6 is 0 Å². The number of hydrogen-bond donors (Lipinski definition) is 2. The van der Waals surface area contributed by atoms with Crippen molar-refractivity contribution in [3.63, 3.8) is 0 Å². The van der Waals surface area contributed by atoms with Gasteiger partial charge in [0.1, 0.15) is 11.6 Å². The summed E-state index contributed by atoms with van der Waals surface area (Å²) in [5.74, 6) is -1.06. The van der Waals surface area contributed by atoms with Crippen LogP contribution in [0.5, 0.6) is 0 Å². The van der Waals surface area contributed by atoms with Crippen molar-refractivity contribution in [3.8, 4) is 0 Å². The summed E-state index contributed by atoms with van der Waals surface area (Å²) in [5.41, 5.74) is -0.174. The second-order valence-corrected chi connectivity index (χ2v) is 5.21. The lowest BCUT2D eigenvalue weighted by atomic mass is 9.64. The fourth-order valence-electron chi connectivity index (χ4n) is 2.18. The first-order chi connectivity index (χ1) is 7.93. The number of hydrogen-bond acceptors (Lipinski definition) is 2. The van der Waals surface area contributed by atoms with E-state index in [9.17, 15) is 13.9 Å². The molecule has 1 saturated carbocycles. The van der Waals surface area contributed by atoms with Crippen molar-refractivity contribution in [2.45, 2.75) is 39.0 Å². The van der Waals surface area contributed by atoms with Gasteiger partial charge in [0.2, 0.25) is 0 Å². The molecule has 0 amide bonds. The minimum absolute atomic E-state index is 0.0599. The van der Waals surface area contributed by atoms with Crippen molar-refractivity contribution in [3.05, 3.63) is 35.4 Å². The zero-order chi connectivity index (χ0) is 12.6. The molecule has 2 unspecified atom stereocenters. The summed E-state index contributed by atoms with van der Waals surface area (Å²) in [7, 11) is 0. The van der Waals surface area contributed by atoms with Crippen molar-refractivity contribution >= 4 is 0 Å². The Balaban J connectivity index is 2.00. The summed E-state index contributed by atoms with van der Waals surface area (Å²) in [6.45, 7) is 4.03. The Labute approximate surface area is 99.7 Å². The van der Waals surface area contributed by atoms with E-state index in [0.29, 0.717) is 6.42 Å². The van der Waals surface area contributed by atoms with Crippen LogP contribution in [0.2, 0.25) is 0 Å². The molecule has 1 aromatic carbocycles. The Morgan fingerprint density at radius 3 is 2.41 bits per heavy atom. The number of rotatable bonds is 3. The Morgan fingerprint density at radius 1 is 1.35 bits per heavy atom. The fraction of sp³-hybridized carbons (Fsp3) is 0.538. The number of nitrogens with one attached hydrogen (secondary N) is 1. The summed E-state index contributed by atoms with van der Waals surface area (Å²) in [4.78, 5) is 0. The molecule has 4 heteroatoms. The van der Waals surface area contributed by atoms with Crippen LogP contribution in [0.15, 0.2) is 18.2 Å². The van der Waals surface area contributed by atoms with E-state index in [-0.39, 0.29) is 29.7 Å². The lowest BCUT2D eigenvalue weighted by Crippen LogP contribution is -2.59. The van der Waals surface area contributed by atoms with Crippen LogP contribution in [0.1, 0.15) is 25.8 Å². The van der Waals surface area contributed by atoms with Crippen molar-refractivity contribution in [1.29, 1.82) is 0 Å².